The summed E-state index contributed by atoms with van der Waals surface area (Å²) in [6.45, 7) is 4.95. The van der Waals surface area contributed by atoms with Gasteiger partial charge in [-0.3, -0.25) is 14.4 Å². The van der Waals surface area contributed by atoms with E-state index in [9.17, 15) is 19.5 Å². The number of amides is 3. The Bertz CT molecular complexity index is 934. The number of thioether (sulfide) groups is 1. The van der Waals surface area contributed by atoms with Crippen LogP contribution in [0.2, 0.25) is 0 Å². The number of aliphatic hydroxyl groups excluding tert-OH is 1. The SMILES string of the molecule is CCCC(C)NC(=O)C1N(CCCCO)C(=O)[C@@H]2[C@H](C(=O)NCc3ccccc3)[C@H]3SC12CC3Br. The normalized spacial score (nSPS) is 31.9. The number of unbranched alkanes of at least 4 members (excludes halogenated alkanes) is 1. The zero-order valence-corrected chi connectivity index (χ0v) is 22.8. The van der Waals surface area contributed by atoms with Crippen LogP contribution in [0.15, 0.2) is 30.3 Å². The number of alkyl halides is 1. The molecule has 0 aromatic heterocycles. The van der Waals surface area contributed by atoms with Crippen molar-refractivity contribution < 1.29 is 19.5 Å². The van der Waals surface area contributed by atoms with Crippen molar-refractivity contribution in [2.75, 3.05) is 13.2 Å². The highest BCUT2D eigenvalue weighted by Gasteiger charge is 2.75. The second-order valence-electron chi connectivity index (χ2n) is 10.0. The molecule has 3 aliphatic heterocycles. The van der Waals surface area contributed by atoms with E-state index in [1.165, 1.54) is 0 Å². The van der Waals surface area contributed by atoms with Crippen molar-refractivity contribution in [3.05, 3.63) is 35.9 Å². The molecule has 1 spiro atoms. The summed E-state index contributed by atoms with van der Waals surface area (Å²) in [5, 5.41) is 15.4. The van der Waals surface area contributed by atoms with E-state index in [0.29, 0.717) is 32.4 Å². The molecule has 0 radical (unpaired) electrons. The first-order chi connectivity index (χ1) is 16.8. The van der Waals surface area contributed by atoms with E-state index in [2.05, 4.69) is 33.5 Å². The average Bonchev–Trinajstić information content (AvgIpc) is 3.42. The third kappa shape index (κ3) is 5.01. The van der Waals surface area contributed by atoms with Gasteiger partial charge >= 0.3 is 0 Å². The molecule has 3 fully saturated rings. The Morgan fingerprint density at radius 2 is 2.00 bits per heavy atom. The van der Waals surface area contributed by atoms with Crippen molar-refractivity contribution in [2.24, 2.45) is 11.8 Å². The van der Waals surface area contributed by atoms with Crippen LogP contribution in [0.1, 0.15) is 51.5 Å². The lowest BCUT2D eigenvalue weighted by atomic mass is 9.70. The zero-order valence-electron chi connectivity index (χ0n) is 20.4. The molecule has 9 heteroatoms. The van der Waals surface area contributed by atoms with E-state index >= 15 is 0 Å². The lowest BCUT2D eigenvalue weighted by molar-refractivity contribution is -0.140. The van der Waals surface area contributed by atoms with Crippen molar-refractivity contribution >= 4 is 45.4 Å². The number of carbonyl (C=O) groups is 3. The van der Waals surface area contributed by atoms with E-state index in [0.717, 1.165) is 18.4 Å². The van der Waals surface area contributed by atoms with Gasteiger partial charge in [-0.05, 0) is 38.2 Å². The molecule has 3 N–H and O–H groups in total. The van der Waals surface area contributed by atoms with E-state index in [-0.39, 0.29) is 40.4 Å². The Hall–Kier alpha value is -1.58. The van der Waals surface area contributed by atoms with Gasteiger partial charge in [-0.1, -0.05) is 59.6 Å². The molecule has 0 saturated carbocycles. The monoisotopic (exact) mass is 565 g/mol. The third-order valence-corrected chi connectivity index (χ3v) is 10.8. The van der Waals surface area contributed by atoms with E-state index in [4.69, 9.17) is 0 Å². The molecule has 35 heavy (non-hydrogen) atoms. The fourth-order valence-electron chi connectivity index (χ4n) is 6.09. The molecule has 3 heterocycles. The molecule has 7 atom stereocenters. The van der Waals surface area contributed by atoms with Gasteiger partial charge in [0.1, 0.15) is 6.04 Å². The number of nitrogens with zero attached hydrogens (tertiary/aromatic N) is 1. The molecule has 4 rings (SSSR count). The van der Waals surface area contributed by atoms with Gasteiger partial charge in [-0.25, -0.2) is 0 Å². The molecule has 2 bridgehead atoms. The van der Waals surface area contributed by atoms with Crippen LogP contribution in [0.3, 0.4) is 0 Å². The molecular formula is C26H36BrN3O4S. The highest BCUT2D eigenvalue weighted by atomic mass is 79.9. The highest BCUT2D eigenvalue weighted by molar-refractivity contribution is 9.09. The first kappa shape index (κ1) is 26.5. The van der Waals surface area contributed by atoms with Gasteiger partial charge in [0.2, 0.25) is 17.7 Å². The van der Waals surface area contributed by atoms with Crippen LogP contribution < -0.4 is 10.6 Å². The van der Waals surface area contributed by atoms with Crippen molar-refractivity contribution in [3.63, 3.8) is 0 Å². The minimum atomic E-state index is -0.625. The van der Waals surface area contributed by atoms with Crippen LogP contribution in [-0.2, 0) is 20.9 Å². The number of hydrogen-bond donors (Lipinski definition) is 3. The predicted octanol–water partition coefficient (Wildman–Crippen LogP) is 2.84. The number of benzene rings is 1. The minimum absolute atomic E-state index is 0.0192. The summed E-state index contributed by atoms with van der Waals surface area (Å²) in [4.78, 5) is 42.8. The summed E-state index contributed by atoms with van der Waals surface area (Å²) in [7, 11) is 0. The zero-order chi connectivity index (χ0) is 25.2. The van der Waals surface area contributed by atoms with Crippen molar-refractivity contribution in [1.82, 2.24) is 15.5 Å². The molecule has 0 aliphatic carbocycles. The summed E-state index contributed by atoms with van der Waals surface area (Å²) >= 11 is 5.45. The number of aliphatic hydroxyl groups is 1. The molecular weight excluding hydrogens is 530 g/mol. The summed E-state index contributed by atoms with van der Waals surface area (Å²) in [6.07, 6.45) is 3.70. The predicted molar refractivity (Wildman–Crippen MR) is 141 cm³/mol. The summed E-state index contributed by atoms with van der Waals surface area (Å²) < 4.78 is -0.625. The Balaban J connectivity index is 1.60. The van der Waals surface area contributed by atoms with Gasteiger partial charge in [0.15, 0.2) is 0 Å². The summed E-state index contributed by atoms with van der Waals surface area (Å²) in [6, 6.07) is 9.15. The Morgan fingerprint density at radius 3 is 2.69 bits per heavy atom. The van der Waals surface area contributed by atoms with Gasteiger partial charge in [-0.15, -0.1) is 11.8 Å². The van der Waals surface area contributed by atoms with Crippen molar-refractivity contribution in [3.8, 4) is 0 Å². The van der Waals surface area contributed by atoms with Crippen LogP contribution in [0.25, 0.3) is 0 Å². The van der Waals surface area contributed by atoms with Crippen LogP contribution in [0.5, 0.6) is 0 Å². The molecule has 7 nitrogen and oxygen atoms in total. The molecule has 3 aliphatic rings. The van der Waals surface area contributed by atoms with Gasteiger partial charge in [-0.2, -0.15) is 0 Å². The van der Waals surface area contributed by atoms with Crippen molar-refractivity contribution in [2.45, 2.75) is 79.4 Å². The molecule has 3 amide bonds. The fraction of sp³-hybridized carbons (Fsp3) is 0.654. The maximum absolute atomic E-state index is 13.9. The van der Waals surface area contributed by atoms with Crippen molar-refractivity contribution in [1.29, 1.82) is 0 Å². The first-order valence-electron chi connectivity index (χ1n) is 12.7. The molecule has 3 saturated heterocycles. The van der Waals surface area contributed by atoms with E-state index in [1.54, 1.807) is 16.7 Å². The van der Waals surface area contributed by atoms with Crippen LogP contribution in [0, 0.1) is 11.8 Å². The second kappa shape index (κ2) is 11.2. The average molecular weight is 567 g/mol. The molecule has 1 aromatic rings. The number of halogens is 1. The highest BCUT2D eigenvalue weighted by Crippen LogP contribution is 2.67. The largest absolute Gasteiger partial charge is 0.396 e. The molecule has 192 valence electrons. The first-order valence-corrected chi connectivity index (χ1v) is 14.5. The lowest BCUT2D eigenvalue weighted by Crippen LogP contribution is -2.56. The number of nitrogens with one attached hydrogen (secondary N) is 2. The quantitative estimate of drug-likeness (QED) is 0.283. The Labute approximate surface area is 220 Å². The van der Waals surface area contributed by atoms with Gasteiger partial charge in [0, 0.05) is 35.8 Å². The second-order valence-corrected chi connectivity index (χ2v) is 12.7. The molecule has 1 aromatic carbocycles. The summed E-state index contributed by atoms with van der Waals surface area (Å²) in [5.74, 6) is -1.34. The smallest absolute Gasteiger partial charge is 0.244 e. The Kier molecular flexibility index (Phi) is 8.49. The minimum Gasteiger partial charge on any atom is -0.396 e. The van der Waals surface area contributed by atoms with Gasteiger partial charge in [0.25, 0.3) is 0 Å². The standard InChI is InChI=1S/C26H36BrN3O4S/c1-3-9-16(2)29-24(33)22-26-14-18(27)21(35-26)19(20(26)25(34)30(22)12-7-8-13-31)23(32)28-15-17-10-5-4-6-11-17/h4-6,10-11,16,18-22,31H,3,7-9,12-15H2,1-2H3,(H,28,32)(H,29,33)/t16?,18?,19-,20-,21-,22?,26?/m0/s1. The summed E-state index contributed by atoms with van der Waals surface area (Å²) in [5.41, 5.74) is 1.01. The number of rotatable bonds is 11. The fourth-order valence-corrected chi connectivity index (χ4v) is 9.71. The number of carbonyl (C=O) groups excluding carboxylic acids is 3. The van der Waals surface area contributed by atoms with Crippen LogP contribution >= 0.6 is 27.7 Å². The van der Waals surface area contributed by atoms with Gasteiger partial charge in [0.05, 0.1) is 16.6 Å². The molecule has 4 unspecified atom stereocenters. The number of fused-ring (bicyclic) bond motifs is 1. The maximum atomic E-state index is 13.9. The Morgan fingerprint density at radius 1 is 1.26 bits per heavy atom. The van der Waals surface area contributed by atoms with Gasteiger partial charge < -0.3 is 20.6 Å². The number of likely N-dealkylation sites (tertiary alicyclic amines) is 1. The van der Waals surface area contributed by atoms with Crippen LogP contribution in [-0.4, -0.2) is 67.8 Å². The van der Waals surface area contributed by atoms with E-state index < -0.39 is 22.6 Å². The van der Waals surface area contributed by atoms with E-state index in [1.807, 2.05) is 37.3 Å². The topological polar surface area (TPSA) is 98.7 Å². The third-order valence-electron chi connectivity index (χ3n) is 7.57. The van der Waals surface area contributed by atoms with Crippen LogP contribution in [0.4, 0.5) is 0 Å². The maximum Gasteiger partial charge on any atom is 0.244 e. The number of hydrogen-bond acceptors (Lipinski definition) is 5. The lowest BCUT2D eigenvalue weighted by Gasteiger charge is -2.36.